The average molecular weight is 269 g/mol. The van der Waals surface area contributed by atoms with Gasteiger partial charge in [0.2, 0.25) is 0 Å². The first-order chi connectivity index (χ1) is 8.76. The number of quaternary nitrogens is 1. The first-order valence-electron chi connectivity index (χ1n) is 8.32. The van der Waals surface area contributed by atoms with Crippen LogP contribution in [0.4, 0.5) is 0 Å². The minimum Gasteiger partial charge on any atom is -0.324 e. The second kappa shape index (κ2) is 7.08. The van der Waals surface area contributed by atoms with Gasteiger partial charge in [-0.2, -0.15) is 0 Å². The molecule has 19 heavy (non-hydrogen) atoms. The molecule has 0 aromatic heterocycles. The lowest BCUT2D eigenvalue weighted by atomic mass is 9.96. The molecule has 2 heterocycles. The number of nitrogens with zero attached hydrogens (tertiary/aromatic N) is 2. The fourth-order valence-corrected chi connectivity index (χ4v) is 3.36. The average Bonchev–Trinajstić information content (AvgIpc) is 2.34. The summed E-state index contributed by atoms with van der Waals surface area (Å²) in [6.45, 7) is 9.37. The molecule has 0 spiro atoms. The molecule has 0 bridgehead atoms. The number of rotatable bonds is 0. The number of hydrogen-bond acceptors (Lipinski definition) is 1. The third-order valence-corrected chi connectivity index (χ3v) is 6.15. The number of likely N-dealkylation sites (tertiary alicyclic amines) is 2. The summed E-state index contributed by atoms with van der Waals surface area (Å²) >= 11 is 0. The van der Waals surface area contributed by atoms with E-state index in [1.165, 1.54) is 43.0 Å². The number of piperidine rings is 2. The van der Waals surface area contributed by atoms with Crippen molar-refractivity contribution in [2.45, 2.75) is 90.4 Å². The zero-order valence-corrected chi connectivity index (χ0v) is 14.4. The van der Waals surface area contributed by atoms with Crippen molar-refractivity contribution in [1.82, 2.24) is 4.90 Å². The Morgan fingerprint density at radius 1 is 0.737 bits per heavy atom. The summed E-state index contributed by atoms with van der Waals surface area (Å²) in [6, 6.07) is 3.36. The van der Waals surface area contributed by atoms with Crippen molar-refractivity contribution in [1.29, 1.82) is 0 Å². The van der Waals surface area contributed by atoms with E-state index in [0.717, 1.165) is 24.2 Å². The van der Waals surface area contributed by atoms with Crippen LogP contribution in [0.15, 0.2) is 0 Å². The number of hydrogen-bond donors (Lipinski definition) is 0. The van der Waals surface area contributed by atoms with Crippen LogP contribution in [0.5, 0.6) is 0 Å². The maximum absolute atomic E-state index is 2.48. The van der Waals surface area contributed by atoms with Crippen LogP contribution in [0.3, 0.4) is 0 Å². The van der Waals surface area contributed by atoms with Crippen LogP contribution in [-0.4, -0.2) is 54.7 Å². The SMILES string of the molecule is C[C@@H]1CCC[C@H](C)N1C.C[C@@H]1CCC[C@H](C)[N+]1(C)C. The quantitative estimate of drug-likeness (QED) is 0.603. The molecule has 2 aliphatic rings. The lowest BCUT2D eigenvalue weighted by Gasteiger charge is -2.45. The zero-order chi connectivity index (χ0) is 14.6. The maximum Gasteiger partial charge on any atom is 0.0859 e. The van der Waals surface area contributed by atoms with Crippen LogP contribution in [0, 0.1) is 0 Å². The molecule has 0 aromatic rings. The third kappa shape index (κ3) is 4.46. The molecule has 2 rings (SSSR count). The van der Waals surface area contributed by atoms with Crippen LogP contribution < -0.4 is 0 Å². The second-order valence-corrected chi connectivity index (χ2v) is 7.55. The van der Waals surface area contributed by atoms with E-state index >= 15 is 0 Å². The molecule has 0 N–H and O–H groups in total. The highest BCUT2D eigenvalue weighted by molar-refractivity contribution is 4.75. The Balaban J connectivity index is 0.000000191. The van der Waals surface area contributed by atoms with Crippen molar-refractivity contribution in [2.24, 2.45) is 0 Å². The van der Waals surface area contributed by atoms with Gasteiger partial charge in [0.25, 0.3) is 0 Å². The van der Waals surface area contributed by atoms with Gasteiger partial charge in [0.15, 0.2) is 0 Å². The Morgan fingerprint density at radius 2 is 1.11 bits per heavy atom. The molecule has 0 unspecified atom stereocenters. The van der Waals surface area contributed by atoms with E-state index in [9.17, 15) is 0 Å². The van der Waals surface area contributed by atoms with Crippen LogP contribution in [0.2, 0.25) is 0 Å². The van der Waals surface area contributed by atoms with E-state index in [0.29, 0.717) is 0 Å². The highest BCUT2D eigenvalue weighted by atomic mass is 15.4. The van der Waals surface area contributed by atoms with Gasteiger partial charge in [0, 0.05) is 12.1 Å². The van der Waals surface area contributed by atoms with Crippen molar-refractivity contribution < 1.29 is 4.48 Å². The Morgan fingerprint density at radius 3 is 1.42 bits per heavy atom. The van der Waals surface area contributed by atoms with E-state index < -0.39 is 0 Å². The standard InChI is InChI=1S/C9H20N.C8H17N/c1-8-6-5-7-9(2)10(8,3)4;1-7-5-4-6-8(2)9(7)3/h8-9H,5-7H2,1-4H3;7-8H,4-6H2,1-3H3/q+1;/t8-,9+;7-,8+. The molecule has 0 aliphatic carbocycles. The van der Waals surface area contributed by atoms with E-state index in [2.05, 4.69) is 53.7 Å². The van der Waals surface area contributed by atoms with Gasteiger partial charge in [0.05, 0.1) is 26.2 Å². The first kappa shape index (κ1) is 17.0. The van der Waals surface area contributed by atoms with Crippen molar-refractivity contribution >= 4 is 0 Å². The summed E-state index contributed by atoms with van der Waals surface area (Å²) in [6.07, 6.45) is 8.47. The molecule has 2 nitrogen and oxygen atoms in total. The molecule has 0 amide bonds. The minimum absolute atomic E-state index is 0.814. The zero-order valence-electron chi connectivity index (χ0n) is 14.4. The van der Waals surface area contributed by atoms with E-state index in [-0.39, 0.29) is 0 Å². The first-order valence-corrected chi connectivity index (χ1v) is 8.32. The topological polar surface area (TPSA) is 3.24 Å². The Bertz CT molecular complexity index is 240. The molecule has 0 saturated carbocycles. The molecule has 0 aromatic carbocycles. The van der Waals surface area contributed by atoms with E-state index in [1.807, 2.05) is 0 Å². The fourth-order valence-electron chi connectivity index (χ4n) is 3.36. The fraction of sp³-hybridized carbons (Fsp3) is 1.00. The Hall–Kier alpha value is -0.0800. The molecule has 2 fully saturated rings. The van der Waals surface area contributed by atoms with Gasteiger partial charge in [-0.25, -0.2) is 0 Å². The minimum atomic E-state index is 0.814. The van der Waals surface area contributed by atoms with Crippen LogP contribution in [-0.2, 0) is 0 Å². The summed E-state index contributed by atoms with van der Waals surface area (Å²) in [4.78, 5) is 2.48. The molecular formula is C17H37N2+. The Labute approximate surface area is 121 Å². The highest BCUT2D eigenvalue weighted by Crippen LogP contribution is 2.26. The maximum atomic E-state index is 2.48. The summed E-state index contributed by atoms with van der Waals surface area (Å²) in [7, 11) is 6.94. The van der Waals surface area contributed by atoms with Gasteiger partial charge in [-0.3, -0.25) is 0 Å². The molecular weight excluding hydrogens is 232 g/mol. The van der Waals surface area contributed by atoms with Gasteiger partial charge < -0.3 is 9.38 Å². The molecule has 114 valence electrons. The molecule has 2 aliphatic heterocycles. The van der Waals surface area contributed by atoms with Gasteiger partial charge in [-0.1, -0.05) is 6.42 Å². The smallest absolute Gasteiger partial charge is 0.0859 e. The largest absolute Gasteiger partial charge is 0.324 e. The van der Waals surface area contributed by atoms with E-state index in [4.69, 9.17) is 0 Å². The monoisotopic (exact) mass is 269 g/mol. The second-order valence-electron chi connectivity index (χ2n) is 7.55. The van der Waals surface area contributed by atoms with Crippen molar-refractivity contribution in [3.63, 3.8) is 0 Å². The van der Waals surface area contributed by atoms with E-state index in [1.54, 1.807) is 0 Å². The van der Waals surface area contributed by atoms with Gasteiger partial charge in [-0.05, 0) is 66.8 Å². The van der Waals surface area contributed by atoms with Crippen molar-refractivity contribution in [3.05, 3.63) is 0 Å². The predicted molar refractivity (Wildman–Crippen MR) is 85.4 cm³/mol. The van der Waals surface area contributed by atoms with Crippen molar-refractivity contribution in [3.8, 4) is 0 Å². The van der Waals surface area contributed by atoms with Crippen LogP contribution in [0.1, 0.15) is 66.2 Å². The summed E-state index contributed by atoms with van der Waals surface area (Å²) < 4.78 is 1.22. The Kier molecular flexibility index (Phi) is 6.32. The lowest BCUT2D eigenvalue weighted by molar-refractivity contribution is -0.940. The summed E-state index contributed by atoms with van der Waals surface area (Å²) in [5.41, 5.74) is 0. The summed E-state index contributed by atoms with van der Waals surface area (Å²) in [5, 5.41) is 0. The normalized spacial score (nSPS) is 39.3. The third-order valence-electron chi connectivity index (χ3n) is 6.15. The molecule has 2 heteroatoms. The molecule has 2 saturated heterocycles. The molecule has 4 atom stereocenters. The predicted octanol–water partition coefficient (Wildman–Crippen LogP) is 3.90. The van der Waals surface area contributed by atoms with Gasteiger partial charge in [-0.15, -0.1) is 0 Å². The highest BCUT2D eigenvalue weighted by Gasteiger charge is 2.33. The molecule has 0 radical (unpaired) electrons. The lowest BCUT2D eigenvalue weighted by Crippen LogP contribution is -2.55. The van der Waals surface area contributed by atoms with Gasteiger partial charge >= 0.3 is 0 Å². The van der Waals surface area contributed by atoms with Crippen LogP contribution in [0.25, 0.3) is 0 Å². The summed E-state index contributed by atoms with van der Waals surface area (Å²) in [5.74, 6) is 0. The van der Waals surface area contributed by atoms with Gasteiger partial charge in [0.1, 0.15) is 0 Å². The van der Waals surface area contributed by atoms with Crippen molar-refractivity contribution in [2.75, 3.05) is 21.1 Å². The van der Waals surface area contributed by atoms with Crippen LogP contribution >= 0.6 is 0 Å².